The molecule has 0 aliphatic heterocycles. The van der Waals surface area contributed by atoms with Crippen LogP contribution in [0.2, 0.25) is 0 Å². The highest BCUT2D eigenvalue weighted by atomic mass is 19.3. The van der Waals surface area contributed by atoms with Gasteiger partial charge in [-0.05, 0) is 6.07 Å². The van der Waals surface area contributed by atoms with E-state index >= 15 is 0 Å². The molecule has 1 aromatic rings. The maximum atomic E-state index is 12.1. The van der Waals surface area contributed by atoms with E-state index in [1.165, 1.54) is 25.1 Å². The lowest BCUT2D eigenvalue weighted by atomic mass is 9.96. The van der Waals surface area contributed by atoms with Crippen LogP contribution in [0, 0.1) is 0 Å². The van der Waals surface area contributed by atoms with Crippen LogP contribution in [0.4, 0.5) is 8.78 Å². The summed E-state index contributed by atoms with van der Waals surface area (Å²) < 4.78 is 28.5. The molecule has 3 nitrogen and oxygen atoms in total. The molecule has 1 aromatic carbocycles. The number of halogens is 2. The minimum absolute atomic E-state index is 0.140. The van der Waals surface area contributed by atoms with Crippen molar-refractivity contribution in [3.05, 3.63) is 29.3 Å². The molecule has 0 bridgehead atoms. The number of ether oxygens (including phenoxy) is 1. The van der Waals surface area contributed by atoms with Crippen LogP contribution in [0.25, 0.3) is 0 Å². The van der Waals surface area contributed by atoms with Gasteiger partial charge < -0.3 is 9.53 Å². The summed E-state index contributed by atoms with van der Waals surface area (Å²) in [4.78, 5) is 21.4. The quantitative estimate of drug-likeness (QED) is 0.727. The van der Waals surface area contributed by atoms with Gasteiger partial charge in [-0.15, -0.1) is 0 Å². The molecule has 0 spiro atoms. The van der Waals surface area contributed by atoms with E-state index in [2.05, 4.69) is 4.74 Å². The summed E-state index contributed by atoms with van der Waals surface area (Å²) in [5, 5.41) is 0. The number of carbonyl (C=O) groups is 2. The molecule has 0 saturated carbocycles. The summed E-state index contributed by atoms with van der Waals surface area (Å²) in [6, 6.07) is 4.16. The molecule has 0 aliphatic rings. The number of alkyl halides is 2. The highest BCUT2D eigenvalue weighted by molar-refractivity contribution is 5.82. The van der Waals surface area contributed by atoms with E-state index in [1.807, 2.05) is 0 Å². The monoisotopic (exact) mass is 228 g/mol. The maximum absolute atomic E-state index is 12.1. The second-order valence-electron chi connectivity index (χ2n) is 3.18. The summed E-state index contributed by atoms with van der Waals surface area (Å²) in [5.74, 6) is -0.811. The van der Waals surface area contributed by atoms with Crippen LogP contribution in [0.15, 0.2) is 18.2 Å². The number of hydrogen-bond acceptors (Lipinski definition) is 3. The molecule has 0 radical (unpaired) electrons. The third-order valence-corrected chi connectivity index (χ3v) is 2.10. The number of benzene rings is 1. The number of rotatable bonds is 5. The topological polar surface area (TPSA) is 43.4 Å². The van der Waals surface area contributed by atoms with Gasteiger partial charge in [0, 0.05) is 17.0 Å². The molecule has 0 aromatic heterocycles. The van der Waals surface area contributed by atoms with Gasteiger partial charge in [0.15, 0.2) is 0 Å². The summed E-state index contributed by atoms with van der Waals surface area (Å²) >= 11 is 0. The first-order valence-electron chi connectivity index (χ1n) is 4.58. The molecule has 16 heavy (non-hydrogen) atoms. The van der Waals surface area contributed by atoms with E-state index < -0.39 is 12.5 Å². The van der Waals surface area contributed by atoms with Crippen LogP contribution < -0.4 is 4.74 Å². The summed E-state index contributed by atoms with van der Waals surface area (Å²) in [5.41, 5.74) is 0.366. The minimum atomic E-state index is -2.99. The zero-order chi connectivity index (χ0) is 12.1. The first kappa shape index (κ1) is 12.3. The van der Waals surface area contributed by atoms with Crippen LogP contribution in [-0.4, -0.2) is 19.2 Å². The lowest BCUT2D eigenvalue weighted by Gasteiger charge is -2.14. The first-order valence-corrected chi connectivity index (χ1v) is 4.58. The predicted octanol–water partition coefficient (Wildman–Crippen LogP) is 2.40. The molecule has 0 amide bonds. The van der Waals surface area contributed by atoms with Gasteiger partial charge in [0.2, 0.25) is 0 Å². The van der Waals surface area contributed by atoms with Crippen LogP contribution in [0.3, 0.4) is 0 Å². The van der Waals surface area contributed by atoms with E-state index in [9.17, 15) is 18.4 Å². The van der Waals surface area contributed by atoms with Crippen LogP contribution in [0.5, 0.6) is 5.75 Å². The van der Waals surface area contributed by atoms with Gasteiger partial charge in [0.25, 0.3) is 0 Å². The van der Waals surface area contributed by atoms with Gasteiger partial charge in [-0.2, -0.15) is 8.78 Å². The van der Waals surface area contributed by atoms with Crippen molar-refractivity contribution >= 4 is 12.6 Å². The Balaban J connectivity index is 3.25. The Kier molecular flexibility index (Phi) is 4.10. The van der Waals surface area contributed by atoms with E-state index in [1.54, 1.807) is 0 Å². The van der Waals surface area contributed by atoms with Crippen LogP contribution in [0.1, 0.15) is 28.8 Å². The van der Waals surface area contributed by atoms with Gasteiger partial charge in [-0.3, -0.25) is 4.79 Å². The summed E-state index contributed by atoms with van der Waals surface area (Å²) in [6.07, 6.45) is 1.08. The largest absolute Gasteiger partial charge is 0.434 e. The molecule has 0 fully saturated rings. The average Bonchev–Trinajstić information content (AvgIpc) is 2.27. The number of hydrogen-bond donors (Lipinski definition) is 0. The van der Waals surface area contributed by atoms with Crippen LogP contribution in [-0.2, 0) is 4.79 Å². The Morgan fingerprint density at radius 1 is 1.31 bits per heavy atom. The van der Waals surface area contributed by atoms with Crippen molar-refractivity contribution in [1.29, 1.82) is 0 Å². The standard InChI is InChI=1S/C11H10F2O3/c1-7(5-14)10-8(6-15)3-2-4-9(10)16-11(12)13/h2-7,11H,1H3. The Morgan fingerprint density at radius 3 is 2.50 bits per heavy atom. The van der Waals surface area contributed by atoms with Crippen molar-refractivity contribution in [3.8, 4) is 5.75 Å². The third-order valence-electron chi connectivity index (χ3n) is 2.10. The van der Waals surface area contributed by atoms with Crippen LogP contribution >= 0.6 is 0 Å². The van der Waals surface area contributed by atoms with Crippen molar-refractivity contribution in [2.75, 3.05) is 0 Å². The zero-order valence-corrected chi connectivity index (χ0v) is 8.52. The number of aldehydes is 2. The van der Waals surface area contributed by atoms with E-state index in [4.69, 9.17) is 0 Å². The van der Waals surface area contributed by atoms with Crippen molar-refractivity contribution in [1.82, 2.24) is 0 Å². The molecule has 0 N–H and O–H groups in total. The lowest BCUT2D eigenvalue weighted by molar-refractivity contribution is -0.108. The fourth-order valence-electron chi connectivity index (χ4n) is 1.42. The fraction of sp³-hybridized carbons (Fsp3) is 0.273. The van der Waals surface area contributed by atoms with Crippen molar-refractivity contribution in [2.45, 2.75) is 19.5 Å². The highest BCUT2D eigenvalue weighted by Gasteiger charge is 2.17. The maximum Gasteiger partial charge on any atom is 0.387 e. The molecule has 0 saturated heterocycles. The van der Waals surface area contributed by atoms with E-state index in [-0.39, 0.29) is 16.9 Å². The molecular weight excluding hydrogens is 218 g/mol. The third kappa shape index (κ3) is 2.62. The van der Waals surface area contributed by atoms with Crippen molar-refractivity contribution in [3.63, 3.8) is 0 Å². The molecule has 0 heterocycles. The zero-order valence-electron chi connectivity index (χ0n) is 8.52. The smallest absolute Gasteiger partial charge is 0.387 e. The predicted molar refractivity (Wildman–Crippen MR) is 52.9 cm³/mol. The van der Waals surface area contributed by atoms with Gasteiger partial charge >= 0.3 is 6.61 Å². The van der Waals surface area contributed by atoms with E-state index in [0.29, 0.717) is 12.6 Å². The van der Waals surface area contributed by atoms with Crippen molar-refractivity contribution < 1.29 is 23.1 Å². The molecule has 1 unspecified atom stereocenters. The Labute approximate surface area is 91.0 Å². The second-order valence-corrected chi connectivity index (χ2v) is 3.18. The van der Waals surface area contributed by atoms with Crippen molar-refractivity contribution in [2.24, 2.45) is 0 Å². The molecule has 1 atom stereocenters. The minimum Gasteiger partial charge on any atom is -0.434 e. The Bertz CT molecular complexity index is 391. The van der Waals surface area contributed by atoms with Gasteiger partial charge in [-0.1, -0.05) is 19.1 Å². The van der Waals surface area contributed by atoms with Gasteiger partial charge in [0.05, 0.1) is 0 Å². The Morgan fingerprint density at radius 2 is 2.00 bits per heavy atom. The lowest BCUT2D eigenvalue weighted by Crippen LogP contribution is -2.08. The highest BCUT2D eigenvalue weighted by Crippen LogP contribution is 2.29. The fourth-order valence-corrected chi connectivity index (χ4v) is 1.42. The molecule has 5 heteroatoms. The molecular formula is C11H10F2O3. The summed E-state index contributed by atoms with van der Waals surface area (Å²) in [6.45, 7) is -1.48. The normalized spacial score (nSPS) is 12.2. The summed E-state index contributed by atoms with van der Waals surface area (Å²) in [7, 11) is 0. The molecule has 1 rings (SSSR count). The molecule has 0 aliphatic carbocycles. The Hall–Kier alpha value is -1.78. The molecule has 86 valence electrons. The second kappa shape index (κ2) is 5.34. The van der Waals surface area contributed by atoms with E-state index in [0.717, 1.165) is 0 Å². The number of carbonyl (C=O) groups excluding carboxylic acids is 2. The first-order chi connectivity index (χ1) is 7.60. The SMILES string of the molecule is CC(C=O)c1c(C=O)cccc1OC(F)F. The average molecular weight is 228 g/mol. The van der Waals surface area contributed by atoms with Gasteiger partial charge in [0.1, 0.15) is 18.3 Å². The van der Waals surface area contributed by atoms with Gasteiger partial charge in [-0.25, -0.2) is 0 Å².